The molecule has 0 saturated heterocycles. The lowest BCUT2D eigenvalue weighted by Gasteiger charge is -2.14. The molecule has 2 amide bonds. The summed E-state index contributed by atoms with van der Waals surface area (Å²) in [6.45, 7) is 1.76. The number of carbonyl (C=O) groups is 2. The molecule has 0 aliphatic rings. The molecule has 0 saturated carbocycles. The number of methoxy groups -OCH3 is 2. The van der Waals surface area contributed by atoms with Gasteiger partial charge in [0.2, 0.25) is 5.91 Å². The van der Waals surface area contributed by atoms with Gasteiger partial charge in [0.25, 0.3) is 5.91 Å². The quantitative estimate of drug-likeness (QED) is 0.261. The largest absolute Gasteiger partial charge is 0.497 e. The van der Waals surface area contributed by atoms with Gasteiger partial charge in [-0.15, -0.1) is 0 Å². The zero-order chi connectivity index (χ0) is 27.5. The van der Waals surface area contributed by atoms with Crippen LogP contribution in [0.15, 0.2) is 70.2 Å². The Morgan fingerprint density at radius 2 is 1.84 bits per heavy atom. The number of hydrazone groups is 1. The van der Waals surface area contributed by atoms with Gasteiger partial charge in [-0.3, -0.25) is 9.59 Å². The predicted molar refractivity (Wildman–Crippen MR) is 146 cm³/mol. The van der Waals surface area contributed by atoms with Crippen molar-refractivity contribution in [1.29, 1.82) is 5.26 Å². The van der Waals surface area contributed by atoms with Gasteiger partial charge in [-0.25, -0.2) is 5.43 Å². The Morgan fingerprint density at radius 3 is 2.53 bits per heavy atom. The van der Waals surface area contributed by atoms with Crippen LogP contribution in [0.5, 0.6) is 17.2 Å². The Hall–Kier alpha value is -4.36. The molecule has 0 spiro atoms. The second kappa shape index (κ2) is 13.8. The molecule has 1 unspecified atom stereocenters. The van der Waals surface area contributed by atoms with Crippen LogP contribution in [0, 0.1) is 11.3 Å². The Labute approximate surface area is 229 Å². The molecule has 38 heavy (non-hydrogen) atoms. The number of carbonyl (C=O) groups excluding carboxylic acids is 2. The molecule has 1 atom stereocenters. The number of amides is 2. The van der Waals surface area contributed by atoms with Crippen molar-refractivity contribution in [3.05, 3.63) is 87.4 Å². The third-order valence-corrected chi connectivity index (χ3v) is 6.03. The minimum absolute atomic E-state index is 0.134. The molecule has 10 heteroatoms. The Bertz CT molecular complexity index is 1350. The fraction of sp³-hybridized carbons (Fsp3) is 0.214. The van der Waals surface area contributed by atoms with Crippen molar-refractivity contribution in [2.75, 3.05) is 14.2 Å². The lowest BCUT2D eigenvalue weighted by atomic mass is 10.1. The molecule has 9 nitrogen and oxygen atoms in total. The average molecular weight is 579 g/mol. The maximum atomic E-state index is 12.4. The zero-order valence-electron chi connectivity index (χ0n) is 21.2. The van der Waals surface area contributed by atoms with Crippen LogP contribution in [0.1, 0.15) is 29.2 Å². The number of ether oxygens (including phenoxy) is 3. The molecule has 3 aromatic carbocycles. The lowest BCUT2D eigenvalue weighted by Crippen LogP contribution is -2.43. The lowest BCUT2D eigenvalue weighted by molar-refractivity contribution is -0.128. The summed E-state index contributed by atoms with van der Waals surface area (Å²) in [5.41, 5.74) is 5.15. The van der Waals surface area contributed by atoms with E-state index in [1.165, 1.54) is 13.3 Å². The van der Waals surface area contributed by atoms with Crippen LogP contribution in [0.4, 0.5) is 0 Å². The number of halogens is 1. The molecule has 0 aromatic heterocycles. The summed E-state index contributed by atoms with van der Waals surface area (Å²) in [6.07, 6.45) is 1.58. The zero-order valence-corrected chi connectivity index (χ0v) is 22.7. The van der Waals surface area contributed by atoms with Crippen LogP contribution < -0.4 is 25.0 Å². The molecule has 2 N–H and O–H groups in total. The van der Waals surface area contributed by atoms with Crippen LogP contribution >= 0.6 is 15.9 Å². The third-order valence-electron chi connectivity index (χ3n) is 5.44. The van der Waals surface area contributed by atoms with E-state index in [0.717, 1.165) is 11.1 Å². The monoisotopic (exact) mass is 578 g/mol. The summed E-state index contributed by atoms with van der Waals surface area (Å²) in [5.74, 6) is 0.859. The van der Waals surface area contributed by atoms with Gasteiger partial charge in [-0.2, -0.15) is 10.4 Å². The molecule has 0 bridgehead atoms. The van der Waals surface area contributed by atoms with Gasteiger partial charge in [0, 0.05) is 5.56 Å². The summed E-state index contributed by atoms with van der Waals surface area (Å²) in [6, 6.07) is 19.1. The minimum Gasteiger partial charge on any atom is -0.497 e. The number of benzene rings is 3. The maximum Gasteiger partial charge on any atom is 0.262 e. The van der Waals surface area contributed by atoms with Gasteiger partial charge in [0.05, 0.1) is 43.0 Å². The smallest absolute Gasteiger partial charge is 0.262 e. The first-order valence-corrected chi connectivity index (χ1v) is 12.4. The van der Waals surface area contributed by atoms with E-state index in [2.05, 4.69) is 37.8 Å². The van der Waals surface area contributed by atoms with Crippen LogP contribution in [0.25, 0.3) is 0 Å². The van der Waals surface area contributed by atoms with Crippen molar-refractivity contribution in [2.45, 2.75) is 26.0 Å². The first-order valence-electron chi connectivity index (χ1n) is 11.6. The summed E-state index contributed by atoms with van der Waals surface area (Å²) in [5, 5.41) is 15.9. The van der Waals surface area contributed by atoms with E-state index in [-0.39, 0.29) is 18.9 Å². The molecular weight excluding hydrogens is 552 g/mol. The summed E-state index contributed by atoms with van der Waals surface area (Å²) < 4.78 is 17.1. The van der Waals surface area contributed by atoms with Crippen molar-refractivity contribution in [3.63, 3.8) is 0 Å². The van der Waals surface area contributed by atoms with Crippen LogP contribution in [0.3, 0.4) is 0 Å². The van der Waals surface area contributed by atoms with Crippen molar-refractivity contribution in [3.8, 4) is 23.3 Å². The van der Waals surface area contributed by atoms with Gasteiger partial charge in [0.1, 0.15) is 18.4 Å². The number of nitriles is 1. The van der Waals surface area contributed by atoms with Gasteiger partial charge >= 0.3 is 0 Å². The van der Waals surface area contributed by atoms with E-state index in [4.69, 9.17) is 14.2 Å². The van der Waals surface area contributed by atoms with Crippen molar-refractivity contribution in [1.82, 2.24) is 10.7 Å². The molecule has 3 aromatic rings. The van der Waals surface area contributed by atoms with Crippen LogP contribution in [-0.2, 0) is 22.6 Å². The van der Waals surface area contributed by atoms with Crippen molar-refractivity contribution in [2.24, 2.45) is 5.10 Å². The second-order valence-corrected chi connectivity index (χ2v) is 8.99. The first kappa shape index (κ1) is 28.2. The molecule has 3 rings (SSSR count). The highest BCUT2D eigenvalue weighted by atomic mass is 79.9. The topological polar surface area (TPSA) is 122 Å². The van der Waals surface area contributed by atoms with E-state index >= 15 is 0 Å². The maximum absolute atomic E-state index is 12.4. The molecular formula is C28H27BrN4O5. The van der Waals surface area contributed by atoms with Crippen LogP contribution in [0.2, 0.25) is 0 Å². The van der Waals surface area contributed by atoms with Crippen molar-refractivity contribution >= 4 is 34.0 Å². The third kappa shape index (κ3) is 7.82. The first-order chi connectivity index (χ1) is 18.3. The summed E-state index contributed by atoms with van der Waals surface area (Å²) >= 11 is 3.48. The van der Waals surface area contributed by atoms with Gasteiger partial charge in [-0.05, 0) is 64.3 Å². The Balaban J connectivity index is 1.56. The predicted octanol–water partition coefficient (Wildman–Crippen LogP) is 4.11. The van der Waals surface area contributed by atoms with E-state index in [0.29, 0.717) is 32.8 Å². The molecule has 0 fully saturated rings. The van der Waals surface area contributed by atoms with Crippen LogP contribution in [-0.4, -0.2) is 38.3 Å². The molecule has 0 aliphatic heterocycles. The second-order valence-electron chi connectivity index (χ2n) is 8.14. The number of hydrogen-bond acceptors (Lipinski definition) is 7. The average Bonchev–Trinajstić information content (AvgIpc) is 2.92. The normalized spacial score (nSPS) is 11.3. The van der Waals surface area contributed by atoms with Crippen molar-refractivity contribution < 1.29 is 23.8 Å². The van der Waals surface area contributed by atoms with E-state index in [9.17, 15) is 14.9 Å². The SMILES string of the molecule is COc1ccc(CC(=O)NC(C)C(=O)NN=Cc2cc(Br)c(OCc3ccccc3C#N)c(OC)c2)cc1. The Morgan fingerprint density at radius 1 is 1.11 bits per heavy atom. The number of rotatable bonds is 11. The highest BCUT2D eigenvalue weighted by Crippen LogP contribution is 2.37. The highest BCUT2D eigenvalue weighted by molar-refractivity contribution is 9.10. The number of nitrogens with zero attached hydrogens (tertiary/aromatic N) is 2. The summed E-state index contributed by atoms with van der Waals surface area (Å²) in [7, 11) is 3.08. The molecule has 0 heterocycles. The fourth-order valence-electron chi connectivity index (χ4n) is 3.41. The number of nitrogens with one attached hydrogen (secondary N) is 2. The van der Waals surface area contributed by atoms with E-state index in [1.807, 2.05) is 12.1 Å². The van der Waals surface area contributed by atoms with E-state index < -0.39 is 11.9 Å². The fourth-order valence-corrected chi connectivity index (χ4v) is 3.99. The molecule has 0 aliphatic carbocycles. The number of hydrogen-bond donors (Lipinski definition) is 2. The molecule has 196 valence electrons. The minimum atomic E-state index is -0.786. The Kier molecular flexibility index (Phi) is 10.3. The highest BCUT2D eigenvalue weighted by Gasteiger charge is 2.16. The van der Waals surface area contributed by atoms with Gasteiger partial charge in [-0.1, -0.05) is 30.3 Å². The van der Waals surface area contributed by atoms with E-state index in [1.54, 1.807) is 62.6 Å². The van der Waals surface area contributed by atoms with Gasteiger partial charge < -0.3 is 19.5 Å². The summed E-state index contributed by atoms with van der Waals surface area (Å²) in [4.78, 5) is 24.7. The standard InChI is InChI=1S/C28H27BrN4O5/c1-18(32-26(34)14-19-8-10-23(36-2)11-9-19)28(35)33-31-16-20-12-24(29)27(25(13-20)37-3)38-17-22-7-5-4-6-21(22)15-30/h4-13,16,18H,14,17H2,1-3H3,(H,32,34)(H,33,35). The van der Waals surface area contributed by atoms with Gasteiger partial charge in [0.15, 0.2) is 11.5 Å². The molecule has 0 radical (unpaired) electrons.